The van der Waals surface area contributed by atoms with Crippen molar-refractivity contribution in [2.75, 3.05) is 38.1 Å². The van der Waals surface area contributed by atoms with Gasteiger partial charge in [-0.05, 0) is 6.42 Å². The van der Waals surface area contributed by atoms with Gasteiger partial charge in [-0.15, -0.1) is 0 Å². The molecule has 0 aromatic carbocycles. The molecule has 1 rings (SSSR count). The van der Waals surface area contributed by atoms with E-state index in [1.165, 1.54) is 6.33 Å². The lowest BCUT2D eigenvalue weighted by atomic mass is 10.2. The number of nitrogens with one attached hydrogen (secondary N) is 2. The summed E-state index contributed by atoms with van der Waals surface area (Å²) in [4.78, 5) is 8.28. The van der Waals surface area contributed by atoms with Crippen LogP contribution in [0.3, 0.4) is 0 Å². The number of nitrogens with zero attached hydrogens (tertiary/aromatic N) is 2. The predicted octanol–water partition coefficient (Wildman–Crippen LogP) is 0.398. The lowest BCUT2D eigenvalue weighted by Gasteiger charge is -2.17. The summed E-state index contributed by atoms with van der Waals surface area (Å²) in [7, 11) is 3.30. The fourth-order valence-corrected chi connectivity index (χ4v) is 1.63. The molecule has 0 radical (unpaired) electrons. The third kappa shape index (κ3) is 3.80. The Balaban J connectivity index is 2.71. The van der Waals surface area contributed by atoms with Crippen molar-refractivity contribution in [2.24, 2.45) is 5.84 Å². The molecule has 0 aliphatic rings. The average Bonchev–Trinajstić information content (AvgIpc) is 2.42. The van der Waals surface area contributed by atoms with Gasteiger partial charge >= 0.3 is 0 Å². The van der Waals surface area contributed by atoms with Gasteiger partial charge in [0.2, 0.25) is 0 Å². The minimum atomic E-state index is -0.0241. The highest BCUT2D eigenvalue weighted by atomic mass is 16.5. The van der Waals surface area contributed by atoms with Gasteiger partial charge in [-0.3, -0.25) is 0 Å². The molecule has 1 unspecified atom stereocenters. The zero-order chi connectivity index (χ0) is 13.4. The summed E-state index contributed by atoms with van der Waals surface area (Å²) in [5.41, 5.74) is 3.52. The Labute approximate surface area is 107 Å². The lowest BCUT2D eigenvalue weighted by molar-refractivity contribution is 0.0365. The van der Waals surface area contributed by atoms with Crippen LogP contribution in [-0.2, 0) is 15.9 Å². The van der Waals surface area contributed by atoms with Gasteiger partial charge in [-0.1, -0.05) is 6.92 Å². The second-order valence-electron chi connectivity index (χ2n) is 3.74. The topological polar surface area (TPSA) is 94.3 Å². The van der Waals surface area contributed by atoms with Crippen LogP contribution in [0.4, 0.5) is 11.6 Å². The van der Waals surface area contributed by atoms with Crippen LogP contribution in [0.1, 0.15) is 12.5 Å². The second kappa shape index (κ2) is 7.80. The van der Waals surface area contributed by atoms with Crippen molar-refractivity contribution in [1.82, 2.24) is 9.97 Å². The monoisotopic (exact) mass is 255 g/mol. The fourth-order valence-electron chi connectivity index (χ4n) is 1.63. The third-order valence-corrected chi connectivity index (χ3v) is 2.62. The normalized spacial score (nSPS) is 12.2. The average molecular weight is 255 g/mol. The van der Waals surface area contributed by atoms with Gasteiger partial charge in [0, 0.05) is 26.3 Å². The van der Waals surface area contributed by atoms with E-state index in [1.807, 2.05) is 6.92 Å². The number of nitrogens with two attached hydrogens (primary N) is 1. The van der Waals surface area contributed by atoms with Crippen molar-refractivity contribution in [3.63, 3.8) is 0 Å². The summed E-state index contributed by atoms with van der Waals surface area (Å²) in [6.07, 6.45) is 2.23. The van der Waals surface area contributed by atoms with Gasteiger partial charge < -0.3 is 20.2 Å². The maximum atomic E-state index is 5.41. The minimum Gasteiger partial charge on any atom is -0.382 e. The predicted molar refractivity (Wildman–Crippen MR) is 70.4 cm³/mol. The first-order valence-electron chi connectivity index (χ1n) is 5.82. The van der Waals surface area contributed by atoms with Crippen LogP contribution in [0.15, 0.2) is 6.33 Å². The third-order valence-electron chi connectivity index (χ3n) is 2.62. The van der Waals surface area contributed by atoms with Crippen LogP contribution >= 0.6 is 0 Å². The molecule has 0 saturated carbocycles. The summed E-state index contributed by atoms with van der Waals surface area (Å²) in [6.45, 7) is 3.16. The van der Waals surface area contributed by atoms with Crippen LogP contribution in [0.25, 0.3) is 0 Å². The molecule has 18 heavy (non-hydrogen) atoms. The van der Waals surface area contributed by atoms with Crippen molar-refractivity contribution in [3.8, 4) is 0 Å². The summed E-state index contributed by atoms with van der Waals surface area (Å²) in [5.74, 6) is 6.81. The van der Waals surface area contributed by atoms with Crippen LogP contribution in [-0.4, -0.2) is 43.4 Å². The molecule has 1 aromatic heterocycles. The number of anilines is 2. The number of hydrazine groups is 1. The van der Waals surface area contributed by atoms with Crippen LogP contribution in [0, 0.1) is 0 Å². The molecule has 0 fully saturated rings. The molecule has 0 spiro atoms. The van der Waals surface area contributed by atoms with E-state index in [-0.39, 0.29) is 6.10 Å². The lowest BCUT2D eigenvalue weighted by Crippen LogP contribution is -2.27. The molecule has 0 amide bonds. The summed E-state index contributed by atoms with van der Waals surface area (Å²) < 4.78 is 10.3. The molecule has 0 aliphatic heterocycles. The van der Waals surface area contributed by atoms with E-state index in [0.29, 0.717) is 19.0 Å². The van der Waals surface area contributed by atoms with Crippen molar-refractivity contribution in [3.05, 3.63) is 11.9 Å². The number of methoxy groups -OCH3 is 2. The molecule has 0 aliphatic carbocycles. The smallest absolute Gasteiger partial charge is 0.148 e. The Bertz CT molecular complexity index is 361. The summed E-state index contributed by atoms with van der Waals surface area (Å²) in [5, 5.41) is 3.22. The van der Waals surface area contributed by atoms with Crippen molar-refractivity contribution in [1.29, 1.82) is 0 Å². The first-order chi connectivity index (χ1) is 8.76. The van der Waals surface area contributed by atoms with E-state index in [2.05, 4.69) is 20.7 Å². The molecule has 0 bridgehead atoms. The van der Waals surface area contributed by atoms with Crippen molar-refractivity contribution >= 4 is 11.6 Å². The quantitative estimate of drug-likeness (QED) is 0.457. The van der Waals surface area contributed by atoms with E-state index >= 15 is 0 Å². The van der Waals surface area contributed by atoms with Crippen molar-refractivity contribution in [2.45, 2.75) is 19.4 Å². The SMILES string of the molecule is CCc1c(NN)ncnc1NCC(COC)OC. The van der Waals surface area contributed by atoms with Gasteiger partial charge in [0.1, 0.15) is 18.0 Å². The number of ether oxygens (including phenoxy) is 2. The molecule has 1 heterocycles. The van der Waals surface area contributed by atoms with Gasteiger partial charge in [0.15, 0.2) is 0 Å². The van der Waals surface area contributed by atoms with E-state index < -0.39 is 0 Å². The Morgan fingerprint density at radius 3 is 2.61 bits per heavy atom. The molecular weight excluding hydrogens is 234 g/mol. The van der Waals surface area contributed by atoms with Crippen LogP contribution in [0.2, 0.25) is 0 Å². The molecule has 7 heteroatoms. The van der Waals surface area contributed by atoms with Crippen LogP contribution < -0.4 is 16.6 Å². The van der Waals surface area contributed by atoms with Gasteiger partial charge in [0.25, 0.3) is 0 Å². The highest BCUT2D eigenvalue weighted by Crippen LogP contribution is 2.19. The largest absolute Gasteiger partial charge is 0.382 e. The first kappa shape index (κ1) is 14.6. The van der Waals surface area contributed by atoms with Crippen LogP contribution in [0.5, 0.6) is 0 Å². The van der Waals surface area contributed by atoms with Gasteiger partial charge in [0.05, 0.1) is 12.7 Å². The molecule has 7 nitrogen and oxygen atoms in total. The first-order valence-corrected chi connectivity index (χ1v) is 5.82. The number of nitrogen functional groups attached to an aromatic ring is 1. The number of hydrogen-bond donors (Lipinski definition) is 3. The van der Waals surface area contributed by atoms with Gasteiger partial charge in [-0.2, -0.15) is 0 Å². The molecule has 1 atom stereocenters. The minimum absolute atomic E-state index is 0.0241. The molecule has 0 saturated heterocycles. The van der Waals surface area contributed by atoms with Gasteiger partial charge in [-0.25, -0.2) is 15.8 Å². The second-order valence-corrected chi connectivity index (χ2v) is 3.74. The fraction of sp³-hybridized carbons (Fsp3) is 0.636. The Morgan fingerprint density at radius 2 is 2.06 bits per heavy atom. The summed E-state index contributed by atoms with van der Waals surface area (Å²) in [6, 6.07) is 0. The van der Waals surface area contributed by atoms with Crippen molar-refractivity contribution < 1.29 is 9.47 Å². The van der Waals surface area contributed by atoms with E-state index in [1.54, 1.807) is 14.2 Å². The molecule has 102 valence electrons. The molecule has 4 N–H and O–H groups in total. The zero-order valence-electron chi connectivity index (χ0n) is 11.1. The van der Waals surface area contributed by atoms with E-state index in [4.69, 9.17) is 15.3 Å². The number of aromatic nitrogens is 2. The molecular formula is C11H21N5O2. The number of hydrogen-bond acceptors (Lipinski definition) is 7. The van der Waals surface area contributed by atoms with E-state index in [0.717, 1.165) is 17.8 Å². The van der Waals surface area contributed by atoms with E-state index in [9.17, 15) is 0 Å². The maximum Gasteiger partial charge on any atom is 0.148 e. The Morgan fingerprint density at radius 1 is 1.33 bits per heavy atom. The number of rotatable bonds is 8. The summed E-state index contributed by atoms with van der Waals surface area (Å²) >= 11 is 0. The molecule has 1 aromatic rings. The highest BCUT2D eigenvalue weighted by Gasteiger charge is 2.11. The standard InChI is InChI=1S/C11H21N5O2/c1-4-9-10(14-7-15-11(9)16-12)13-5-8(18-3)6-17-2/h7-8H,4-6,12H2,1-3H3,(H2,13,14,15,16). The highest BCUT2D eigenvalue weighted by molar-refractivity contribution is 5.56. The Kier molecular flexibility index (Phi) is 6.34. The Hall–Kier alpha value is -1.44. The maximum absolute atomic E-state index is 5.41. The zero-order valence-corrected chi connectivity index (χ0v) is 11.1.